The van der Waals surface area contributed by atoms with Crippen LogP contribution in [0.2, 0.25) is 0 Å². The summed E-state index contributed by atoms with van der Waals surface area (Å²) in [6, 6.07) is 0. The molecule has 1 aromatic heterocycles. The molecule has 5 heteroatoms. The van der Waals surface area contributed by atoms with Crippen molar-refractivity contribution >= 4 is 5.95 Å². The summed E-state index contributed by atoms with van der Waals surface area (Å²) in [5, 5.41) is 0. The molecule has 0 aliphatic heterocycles. The van der Waals surface area contributed by atoms with E-state index < -0.39 is 5.82 Å². The third kappa shape index (κ3) is 4.10. The highest BCUT2D eigenvalue weighted by Gasteiger charge is 2.05. The molecular formula is C10H16FN3O. The van der Waals surface area contributed by atoms with Crippen molar-refractivity contribution in [3.05, 3.63) is 12.0 Å². The van der Waals surface area contributed by atoms with Gasteiger partial charge in [-0.25, -0.2) is 4.98 Å². The molecule has 0 saturated carbocycles. The van der Waals surface area contributed by atoms with Crippen LogP contribution in [0.4, 0.5) is 10.3 Å². The number of rotatable bonds is 6. The third-order valence-corrected chi connectivity index (χ3v) is 1.97. The zero-order valence-electron chi connectivity index (χ0n) is 8.87. The molecule has 0 unspecified atom stereocenters. The highest BCUT2D eigenvalue weighted by Crippen LogP contribution is 2.13. The molecule has 0 fully saturated rings. The van der Waals surface area contributed by atoms with E-state index in [0.717, 1.165) is 31.9 Å². The minimum Gasteiger partial charge on any atom is -0.475 e. The third-order valence-electron chi connectivity index (χ3n) is 1.97. The molecule has 1 aromatic rings. The van der Waals surface area contributed by atoms with Crippen LogP contribution in [0.1, 0.15) is 32.6 Å². The van der Waals surface area contributed by atoms with Crippen molar-refractivity contribution < 1.29 is 9.13 Å². The number of anilines is 1. The topological polar surface area (TPSA) is 61.0 Å². The van der Waals surface area contributed by atoms with Crippen LogP contribution in [0.25, 0.3) is 0 Å². The largest absolute Gasteiger partial charge is 0.475 e. The van der Waals surface area contributed by atoms with Gasteiger partial charge in [-0.3, -0.25) is 0 Å². The molecule has 0 aliphatic rings. The molecule has 0 amide bonds. The van der Waals surface area contributed by atoms with Gasteiger partial charge in [0, 0.05) is 0 Å². The fraction of sp³-hybridized carbons (Fsp3) is 0.600. The van der Waals surface area contributed by atoms with Crippen LogP contribution in [0, 0.1) is 5.82 Å². The van der Waals surface area contributed by atoms with E-state index in [2.05, 4.69) is 16.9 Å². The zero-order chi connectivity index (χ0) is 11.1. The van der Waals surface area contributed by atoms with E-state index in [1.54, 1.807) is 0 Å². The molecule has 1 rings (SSSR count). The van der Waals surface area contributed by atoms with Gasteiger partial charge < -0.3 is 10.5 Å². The Balaban J connectivity index is 2.33. The summed E-state index contributed by atoms with van der Waals surface area (Å²) in [6.45, 7) is 2.60. The van der Waals surface area contributed by atoms with Crippen LogP contribution in [-0.4, -0.2) is 16.6 Å². The second kappa shape index (κ2) is 6.16. The van der Waals surface area contributed by atoms with Gasteiger partial charge in [-0.2, -0.15) is 9.37 Å². The first-order valence-corrected chi connectivity index (χ1v) is 5.15. The molecule has 0 radical (unpaired) electrons. The summed E-state index contributed by atoms with van der Waals surface area (Å²) in [5.74, 6) is -0.598. The van der Waals surface area contributed by atoms with Crippen LogP contribution in [0.3, 0.4) is 0 Å². The SMILES string of the molecule is CCCCCCOc1nc(N)ncc1F. The van der Waals surface area contributed by atoms with Crippen molar-refractivity contribution in [3.63, 3.8) is 0 Å². The Labute approximate surface area is 88.7 Å². The summed E-state index contributed by atoms with van der Waals surface area (Å²) >= 11 is 0. The van der Waals surface area contributed by atoms with E-state index in [1.807, 2.05) is 0 Å². The Kier molecular flexibility index (Phi) is 4.80. The van der Waals surface area contributed by atoms with Crippen LogP contribution in [-0.2, 0) is 0 Å². The fourth-order valence-corrected chi connectivity index (χ4v) is 1.16. The van der Waals surface area contributed by atoms with Crippen LogP contribution in [0.15, 0.2) is 6.20 Å². The number of nitrogens with two attached hydrogens (primary N) is 1. The van der Waals surface area contributed by atoms with Gasteiger partial charge in [0.15, 0.2) is 0 Å². The first-order chi connectivity index (χ1) is 7.24. The minimum atomic E-state index is -0.570. The highest BCUT2D eigenvalue weighted by atomic mass is 19.1. The lowest BCUT2D eigenvalue weighted by atomic mass is 10.2. The predicted octanol–water partition coefficient (Wildman–Crippen LogP) is 2.16. The normalized spacial score (nSPS) is 10.3. The van der Waals surface area contributed by atoms with Crippen molar-refractivity contribution in [2.75, 3.05) is 12.3 Å². The summed E-state index contributed by atoms with van der Waals surface area (Å²) in [6.07, 6.45) is 5.33. The lowest BCUT2D eigenvalue weighted by Crippen LogP contribution is -2.04. The van der Waals surface area contributed by atoms with Gasteiger partial charge in [-0.15, -0.1) is 0 Å². The van der Waals surface area contributed by atoms with Gasteiger partial charge in [-0.1, -0.05) is 26.2 Å². The fourth-order valence-electron chi connectivity index (χ4n) is 1.16. The number of halogens is 1. The van der Waals surface area contributed by atoms with E-state index in [9.17, 15) is 4.39 Å². The lowest BCUT2D eigenvalue weighted by Gasteiger charge is -2.05. The highest BCUT2D eigenvalue weighted by molar-refractivity contribution is 5.22. The lowest BCUT2D eigenvalue weighted by molar-refractivity contribution is 0.278. The number of nitrogens with zero attached hydrogens (tertiary/aromatic N) is 2. The number of ether oxygens (including phenoxy) is 1. The van der Waals surface area contributed by atoms with Crippen molar-refractivity contribution in [2.45, 2.75) is 32.6 Å². The average molecular weight is 213 g/mol. The number of hydrogen-bond acceptors (Lipinski definition) is 4. The number of aromatic nitrogens is 2. The minimum absolute atomic E-state index is 0.0277. The quantitative estimate of drug-likeness (QED) is 0.735. The molecule has 0 atom stereocenters. The van der Waals surface area contributed by atoms with Crippen molar-refractivity contribution in [1.82, 2.24) is 9.97 Å². The van der Waals surface area contributed by atoms with E-state index in [0.29, 0.717) is 6.61 Å². The van der Waals surface area contributed by atoms with Gasteiger partial charge in [0.2, 0.25) is 11.8 Å². The molecule has 0 aliphatic carbocycles. The Morgan fingerprint density at radius 1 is 1.40 bits per heavy atom. The van der Waals surface area contributed by atoms with Crippen LogP contribution < -0.4 is 10.5 Å². The van der Waals surface area contributed by atoms with Gasteiger partial charge in [0.1, 0.15) is 0 Å². The maximum absolute atomic E-state index is 13.0. The number of nitrogen functional groups attached to an aromatic ring is 1. The summed E-state index contributed by atoms with van der Waals surface area (Å²) < 4.78 is 18.2. The monoisotopic (exact) mass is 213 g/mol. The molecule has 0 saturated heterocycles. The Bertz CT molecular complexity index is 307. The van der Waals surface area contributed by atoms with Crippen LogP contribution in [0.5, 0.6) is 5.88 Å². The maximum atomic E-state index is 13.0. The van der Waals surface area contributed by atoms with Crippen molar-refractivity contribution in [3.8, 4) is 5.88 Å². The Morgan fingerprint density at radius 3 is 2.93 bits per heavy atom. The standard InChI is InChI=1S/C10H16FN3O/c1-2-3-4-5-6-15-9-8(11)7-13-10(12)14-9/h7H,2-6H2,1H3,(H2,12,13,14). The van der Waals surface area contributed by atoms with Crippen LogP contribution >= 0.6 is 0 Å². The molecular weight excluding hydrogens is 197 g/mol. The molecule has 1 heterocycles. The number of hydrogen-bond donors (Lipinski definition) is 1. The molecule has 0 aromatic carbocycles. The zero-order valence-corrected chi connectivity index (χ0v) is 8.87. The Hall–Kier alpha value is -1.39. The maximum Gasteiger partial charge on any atom is 0.255 e. The second-order valence-corrected chi connectivity index (χ2v) is 3.29. The molecule has 15 heavy (non-hydrogen) atoms. The first-order valence-electron chi connectivity index (χ1n) is 5.15. The second-order valence-electron chi connectivity index (χ2n) is 3.29. The molecule has 4 nitrogen and oxygen atoms in total. The van der Waals surface area contributed by atoms with E-state index >= 15 is 0 Å². The van der Waals surface area contributed by atoms with Gasteiger partial charge in [0.05, 0.1) is 12.8 Å². The predicted molar refractivity (Wildman–Crippen MR) is 56.0 cm³/mol. The van der Waals surface area contributed by atoms with E-state index in [1.165, 1.54) is 0 Å². The molecule has 84 valence electrons. The first kappa shape index (κ1) is 11.7. The molecule has 2 N–H and O–H groups in total. The Morgan fingerprint density at radius 2 is 2.20 bits per heavy atom. The summed E-state index contributed by atoms with van der Waals surface area (Å²) in [5.41, 5.74) is 5.31. The summed E-state index contributed by atoms with van der Waals surface area (Å²) in [4.78, 5) is 7.17. The van der Waals surface area contributed by atoms with Gasteiger partial charge in [0.25, 0.3) is 5.88 Å². The van der Waals surface area contributed by atoms with Gasteiger partial charge in [-0.05, 0) is 6.42 Å². The smallest absolute Gasteiger partial charge is 0.255 e. The summed E-state index contributed by atoms with van der Waals surface area (Å²) in [7, 11) is 0. The van der Waals surface area contributed by atoms with Gasteiger partial charge >= 0.3 is 0 Å². The number of unbranched alkanes of at least 4 members (excludes halogenated alkanes) is 3. The van der Waals surface area contributed by atoms with Crippen molar-refractivity contribution in [2.24, 2.45) is 0 Å². The molecule has 0 spiro atoms. The van der Waals surface area contributed by atoms with E-state index in [4.69, 9.17) is 10.5 Å². The average Bonchev–Trinajstić information content (AvgIpc) is 2.23. The molecule has 0 bridgehead atoms. The van der Waals surface area contributed by atoms with Crippen molar-refractivity contribution in [1.29, 1.82) is 0 Å². The van der Waals surface area contributed by atoms with E-state index in [-0.39, 0.29) is 11.8 Å².